The Morgan fingerprint density at radius 1 is 0.969 bits per heavy atom. The largest absolute Gasteiger partial charge is 0.327 e. The van der Waals surface area contributed by atoms with Crippen LogP contribution in [0, 0.1) is 0 Å². The highest BCUT2D eigenvalue weighted by atomic mass is 16.2. The maximum atomic E-state index is 12.5. The number of rotatable bonds is 6. The van der Waals surface area contributed by atoms with Crippen LogP contribution >= 0.6 is 0 Å². The zero-order valence-electron chi connectivity index (χ0n) is 17.3. The smallest absolute Gasteiger partial charge is 0.318 e. The van der Waals surface area contributed by atoms with Gasteiger partial charge in [0.25, 0.3) is 5.56 Å². The molecule has 0 atom stereocenters. The van der Waals surface area contributed by atoms with Gasteiger partial charge in [-0.15, -0.1) is 10.2 Å². The molecule has 0 spiro atoms. The molecule has 0 aliphatic heterocycles. The summed E-state index contributed by atoms with van der Waals surface area (Å²) < 4.78 is 1.87. The van der Waals surface area contributed by atoms with Crippen molar-refractivity contribution in [2.24, 2.45) is 0 Å². The minimum absolute atomic E-state index is 0.313. The molecule has 3 N–H and O–H groups in total. The average Bonchev–Trinajstić information content (AvgIpc) is 3.43. The number of nitrogens with one attached hydrogen (secondary N) is 3. The number of hydrogen-bond acceptors (Lipinski definition) is 6. The summed E-state index contributed by atoms with van der Waals surface area (Å²) in [6, 6.07) is 16.0. The molecule has 0 aliphatic rings. The zero-order valence-corrected chi connectivity index (χ0v) is 17.3. The molecular formula is C22H20N8O2. The van der Waals surface area contributed by atoms with Crippen LogP contribution in [-0.2, 0) is 13.0 Å². The van der Waals surface area contributed by atoms with Crippen molar-refractivity contribution >= 4 is 11.2 Å². The molecule has 0 saturated carbocycles. The van der Waals surface area contributed by atoms with Crippen LogP contribution in [-0.4, -0.2) is 40.1 Å². The molecule has 0 radical (unpaired) electrons. The van der Waals surface area contributed by atoms with E-state index in [-0.39, 0.29) is 0 Å². The molecule has 0 unspecified atom stereocenters. The first-order valence-electron chi connectivity index (χ1n) is 10.3. The van der Waals surface area contributed by atoms with Gasteiger partial charge in [0.05, 0.1) is 0 Å². The average molecular weight is 428 g/mol. The van der Waals surface area contributed by atoms with E-state index in [1.54, 1.807) is 0 Å². The Bertz CT molecular complexity index is 1490. The maximum Gasteiger partial charge on any atom is 0.327 e. The lowest BCUT2D eigenvalue weighted by atomic mass is 9.98. The van der Waals surface area contributed by atoms with Gasteiger partial charge in [0.1, 0.15) is 5.82 Å². The zero-order chi connectivity index (χ0) is 22.1. The number of aromatic amines is 3. The van der Waals surface area contributed by atoms with E-state index in [1.807, 2.05) is 60.0 Å². The molecule has 2 aromatic carbocycles. The van der Waals surface area contributed by atoms with Gasteiger partial charge in [-0.05, 0) is 28.3 Å². The number of imidazole rings is 1. The molecule has 0 bridgehead atoms. The van der Waals surface area contributed by atoms with Crippen molar-refractivity contribution in [1.82, 2.24) is 40.1 Å². The highest BCUT2D eigenvalue weighted by Crippen LogP contribution is 2.30. The van der Waals surface area contributed by atoms with Crippen molar-refractivity contribution in [3.05, 3.63) is 80.8 Å². The van der Waals surface area contributed by atoms with Crippen LogP contribution in [0.5, 0.6) is 0 Å². The first kappa shape index (κ1) is 19.6. The Balaban J connectivity index is 1.52. The molecule has 160 valence electrons. The van der Waals surface area contributed by atoms with Gasteiger partial charge >= 0.3 is 5.69 Å². The van der Waals surface area contributed by atoms with Crippen molar-refractivity contribution in [2.75, 3.05) is 0 Å². The second kappa shape index (κ2) is 8.06. The number of fused-ring (bicyclic) bond motifs is 1. The van der Waals surface area contributed by atoms with Crippen LogP contribution in [0.15, 0.2) is 58.1 Å². The number of nitrogens with zero attached hydrogens (tertiary/aromatic N) is 5. The Morgan fingerprint density at radius 2 is 1.75 bits per heavy atom. The minimum atomic E-state index is -0.556. The molecule has 32 heavy (non-hydrogen) atoms. The van der Waals surface area contributed by atoms with Gasteiger partial charge < -0.3 is 4.57 Å². The van der Waals surface area contributed by atoms with E-state index in [1.165, 1.54) is 0 Å². The number of benzene rings is 2. The predicted molar refractivity (Wildman–Crippen MR) is 119 cm³/mol. The Morgan fingerprint density at radius 3 is 2.47 bits per heavy atom. The summed E-state index contributed by atoms with van der Waals surface area (Å²) in [5.74, 6) is 1.30. The number of hydrogen-bond donors (Lipinski definition) is 3. The third-order valence-corrected chi connectivity index (χ3v) is 5.31. The summed E-state index contributed by atoms with van der Waals surface area (Å²) >= 11 is 0. The summed E-state index contributed by atoms with van der Waals surface area (Å²) in [7, 11) is 0. The molecule has 0 fully saturated rings. The lowest BCUT2D eigenvalue weighted by Gasteiger charge is -2.10. The molecule has 5 aromatic rings. The summed E-state index contributed by atoms with van der Waals surface area (Å²) in [4.78, 5) is 33.5. The van der Waals surface area contributed by atoms with E-state index in [4.69, 9.17) is 0 Å². The number of aromatic nitrogens is 8. The fourth-order valence-electron chi connectivity index (χ4n) is 3.88. The van der Waals surface area contributed by atoms with Crippen LogP contribution in [0.25, 0.3) is 33.7 Å². The normalized spacial score (nSPS) is 11.3. The van der Waals surface area contributed by atoms with Crippen LogP contribution in [0.3, 0.4) is 0 Å². The van der Waals surface area contributed by atoms with Crippen LogP contribution in [0.2, 0.25) is 0 Å². The second-order valence-corrected chi connectivity index (χ2v) is 7.45. The van der Waals surface area contributed by atoms with Gasteiger partial charge in [-0.1, -0.05) is 55.5 Å². The third-order valence-electron chi connectivity index (χ3n) is 5.31. The van der Waals surface area contributed by atoms with Gasteiger partial charge in [-0.2, -0.15) is 5.21 Å². The van der Waals surface area contributed by atoms with E-state index >= 15 is 0 Å². The highest BCUT2D eigenvalue weighted by molar-refractivity contribution is 5.80. The van der Waals surface area contributed by atoms with E-state index in [0.29, 0.717) is 30.0 Å². The Labute approximate surface area is 181 Å². The Kier molecular flexibility index (Phi) is 4.94. The van der Waals surface area contributed by atoms with Gasteiger partial charge in [0, 0.05) is 18.5 Å². The van der Waals surface area contributed by atoms with Gasteiger partial charge in [0.2, 0.25) is 5.82 Å². The third kappa shape index (κ3) is 3.51. The number of tetrazole rings is 1. The van der Waals surface area contributed by atoms with Crippen molar-refractivity contribution in [3.63, 3.8) is 0 Å². The number of aryl methyl sites for hydroxylation is 1. The summed E-state index contributed by atoms with van der Waals surface area (Å²) in [5, 5.41) is 14.3. The summed E-state index contributed by atoms with van der Waals surface area (Å²) in [6.07, 6.45) is 1.57. The van der Waals surface area contributed by atoms with Crippen molar-refractivity contribution in [3.8, 4) is 22.5 Å². The van der Waals surface area contributed by atoms with Gasteiger partial charge in [-0.25, -0.2) is 9.78 Å². The summed E-state index contributed by atoms with van der Waals surface area (Å²) in [5.41, 5.74) is 3.59. The second-order valence-electron chi connectivity index (χ2n) is 7.45. The molecule has 3 aromatic heterocycles. The predicted octanol–water partition coefficient (Wildman–Crippen LogP) is 2.26. The molecule has 0 amide bonds. The topological polar surface area (TPSA) is 138 Å². The number of H-pyrrole nitrogens is 3. The minimum Gasteiger partial charge on any atom is -0.318 e. The summed E-state index contributed by atoms with van der Waals surface area (Å²) in [6.45, 7) is 2.51. The van der Waals surface area contributed by atoms with Crippen LogP contribution in [0.4, 0.5) is 0 Å². The van der Waals surface area contributed by atoms with E-state index < -0.39 is 11.2 Å². The Hall–Kier alpha value is -4.34. The fraction of sp³-hybridized carbons (Fsp3) is 0.182. The van der Waals surface area contributed by atoms with Crippen molar-refractivity contribution in [1.29, 1.82) is 0 Å². The quantitative estimate of drug-likeness (QED) is 0.379. The highest BCUT2D eigenvalue weighted by Gasteiger charge is 2.15. The molecule has 10 heteroatoms. The monoisotopic (exact) mass is 428 g/mol. The van der Waals surface area contributed by atoms with Crippen LogP contribution < -0.4 is 11.2 Å². The van der Waals surface area contributed by atoms with Crippen molar-refractivity contribution < 1.29 is 0 Å². The molecule has 0 aliphatic carbocycles. The van der Waals surface area contributed by atoms with Gasteiger partial charge in [-0.3, -0.25) is 14.8 Å². The first-order valence-corrected chi connectivity index (χ1v) is 10.3. The molecule has 0 saturated heterocycles. The van der Waals surface area contributed by atoms with E-state index in [9.17, 15) is 9.59 Å². The van der Waals surface area contributed by atoms with Crippen LogP contribution in [0.1, 0.15) is 24.7 Å². The molecular weight excluding hydrogens is 408 g/mol. The standard InChI is InChI=1S/C22H20N8O2/c1-2-5-17-23-20-18(21(31)25-22(32)24-20)30(17)12-13-8-10-14(11-9-13)15-6-3-4-7-16(15)19-26-28-29-27-19/h3-4,6-11H,2,5,12H2,1H3,(H2,24,25,31,32)(H,26,27,28,29). The lowest BCUT2D eigenvalue weighted by molar-refractivity contribution is 0.719. The molecule has 10 nitrogen and oxygen atoms in total. The molecule has 5 rings (SSSR count). The lowest BCUT2D eigenvalue weighted by Crippen LogP contribution is -2.23. The fourth-order valence-corrected chi connectivity index (χ4v) is 3.88. The van der Waals surface area contributed by atoms with E-state index in [0.717, 1.165) is 34.5 Å². The van der Waals surface area contributed by atoms with Gasteiger partial charge in [0.15, 0.2) is 11.2 Å². The first-order chi connectivity index (χ1) is 15.6. The van der Waals surface area contributed by atoms with Crippen molar-refractivity contribution in [2.45, 2.75) is 26.3 Å². The maximum absolute atomic E-state index is 12.5. The van der Waals surface area contributed by atoms with E-state index in [2.05, 4.69) is 35.6 Å². The molecule has 3 heterocycles. The SMILES string of the molecule is CCCc1nc2[nH]c(=O)[nH]c(=O)c2n1Cc1ccc(-c2ccccc2-c2nn[nH]n2)cc1.